The quantitative estimate of drug-likeness (QED) is 0.747. The SMILES string of the molecule is CCOc1cccc(NC(=O)c2sc3nc(C)cc(C)c3c2N)c1. The van der Waals surface area contributed by atoms with Crippen molar-refractivity contribution < 1.29 is 9.53 Å². The van der Waals surface area contributed by atoms with Crippen molar-refractivity contribution in [3.63, 3.8) is 0 Å². The Morgan fingerprint density at radius 3 is 2.88 bits per heavy atom. The number of amides is 1. The van der Waals surface area contributed by atoms with Gasteiger partial charge in [0.1, 0.15) is 15.5 Å². The first kappa shape index (κ1) is 16.3. The number of ether oxygens (including phenoxy) is 1. The molecule has 0 aliphatic heterocycles. The normalized spacial score (nSPS) is 10.8. The maximum Gasteiger partial charge on any atom is 0.267 e. The number of thiophene rings is 1. The van der Waals surface area contributed by atoms with E-state index in [9.17, 15) is 4.79 Å². The van der Waals surface area contributed by atoms with E-state index in [1.165, 1.54) is 11.3 Å². The van der Waals surface area contributed by atoms with Crippen molar-refractivity contribution in [2.24, 2.45) is 0 Å². The van der Waals surface area contributed by atoms with E-state index in [4.69, 9.17) is 10.5 Å². The molecule has 6 heteroatoms. The largest absolute Gasteiger partial charge is 0.494 e. The van der Waals surface area contributed by atoms with Crippen LogP contribution in [0.2, 0.25) is 0 Å². The Labute approximate surface area is 144 Å². The lowest BCUT2D eigenvalue weighted by Crippen LogP contribution is -2.12. The molecule has 0 bridgehead atoms. The van der Waals surface area contributed by atoms with Crippen molar-refractivity contribution in [2.45, 2.75) is 20.8 Å². The molecule has 0 unspecified atom stereocenters. The molecule has 124 valence electrons. The second-order valence-corrected chi connectivity index (χ2v) is 6.52. The summed E-state index contributed by atoms with van der Waals surface area (Å²) in [6, 6.07) is 9.27. The van der Waals surface area contributed by atoms with Gasteiger partial charge in [-0.05, 0) is 44.5 Å². The van der Waals surface area contributed by atoms with Crippen molar-refractivity contribution in [1.82, 2.24) is 4.98 Å². The van der Waals surface area contributed by atoms with Crippen LogP contribution in [-0.2, 0) is 0 Å². The molecule has 0 spiro atoms. The van der Waals surface area contributed by atoms with Crippen LogP contribution in [0.1, 0.15) is 27.9 Å². The third-order valence-electron chi connectivity index (χ3n) is 3.63. The molecule has 24 heavy (non-hydrogen) atoms. The number of hydrogen-bond acceptors (Lipinski definition) is 5. The van der Waals surface area contributed by atoms with E-state index in [0.717, 1.165) is 21.5 Å². The smallest absolute Gasteiger partial charge is 0.267 e. The van der Waals surface area contributed by atoms with E-state index < -0.39 is 0 Å². The molecule has 0 fully saturated rings. The van der Waals surface area contributed by atoms with Gasteiger partial charge in [0, 0.05) is 22.8 Å². The van der Waals surface area contributed by atoms with E-state index >= 15 is 0 Å². The Hall–Kier alpha value is -2.60. The average Bonchev–Trinajstić information content (AvgIpc) is 2.85. The molecule has 0 atom stereocenters. The van der Waals surface area contributed by atoms with Gasteiger partial charge in [0.25, 0.3) is 5.91 Å². The lowest BCUT2D eigenvalue weighted by molar-refractivity contribution is 0.103. The van der Waals surface area contributed by atoms with E-state index in [1.807, 2.05) is 45.0 Å². The molecule has 0 aliphatic carbocycles. The highest BCUT2D eigenvalue weighted by atomic mass is 32.1. The van der Waals surface area contributed by atoms with Gasteiger partial charge in [-0.3, -0.25) is 4.79 Å². The van der Waals surface area contributed by atoms with Crippen molar-refractivity contribution >= 4 is 38.8 Å². The fourth-order valence-electron chi connectivity index (χ4n) is 2.66. The first-order chi connectivity index (χ1) is 11.5. The fourth-order valence-corrected chi connectivity index (χ4v) is 3.77. The van der Waals surface area contributed by atoms with Crippen LogP contribution in [0.4, 0.5) is 11.4 Å². The zero-order valence-corrected chi connectivity index (χ0v) is 14.7. The zero-order chi connectivity index (χ0) is 17.3. The highest BCUT2D eigenvalue weighted by Crippen LogP contribution is 2.35. The van der Waals surface area contributed by atoms with Gasteiger partial charge in [0.2, 0.25) is 0 Å². The van der Waals surface area contributed by atoms with Gasteiger partial charge in [-0.2, -0.15) is 0 Å². The Morgan fingerprint density at radius 1 is 1.33 bits per heavy atom. The van der Waals surface area contributed by atoms with Crippen LogP contribution in [0.3, 0.4) is 0 Å². The number of pyridine rings is 1. The third kappa shape index (κ3) is 3.05. The van der Waals surface area contributed by atoms with Gasteiger partial charge >= 0.3 is 0 Å². The topological polar surface area (TPSA) is 77.2 Å². The molecule has 3 N–H and O–H groups in total. The number of rotatable bonds is 4. The molecule has 5 nitrogen and oxygen atoms in total. The van der Waals surface area contributed by atoms with Gasteiger partial charge in [-0.1, -0.05) is 6.07 Å². The summed E-state index contributed by atoms with van der Waals surface area (Å²) in [6.45, 7) is 6.40. The van der Waals surface area contributed by atoms with Crippen LogP contribution < -0.4 is 15.8 Å². The Morgan fingerprint density at radius 2 is 2.12 bits per heavy atom. The standard InChI is InChI=1S/C18H19N3O2S/c1-4-23-13-7-5-6-12(9-13)21-17(22)16-15(19)14-10(2)8-11(3)20-18(14)24-16/h5-9H,4,19H2,1-3H3,(H,21,22). The minimum absolute atomic E-state index is 0.235. The van der Waals surface area contributed by atoms with Crippen LogP contribution in [0.15, 0.2) is 30.3 Å². The van der Waals surface area contributed by atoms with Gasteiger partial charge < -0.3 is 15.8 Å². The average molecular weight is 341 g/mol. The first-order valence-electron chi connectivity index (χ1n) is 7.70. The number of carbonyl (C=O) groups is 1. The maximum absolute atomic E-state index is 12.6. The third-order valence-corrected chi connectivity index (χ3v) is 4.73. The number of nitrogens with two attached hydrogens (primary N) is 1. The van der Waals surface area contributed by atoms with Crippen molar-refractivity contribution in [2.75, 3.05) is 17.7 Å². The number of nitrogens with zero attached hydrogens (tertiary/aromatic N) is 1. The molecule has 0 saturated carbocycles. The van der Waals surface area contributed by atoms with E-state index in [2.05, 4.69) is 10.3 Å². The number of benzene rings is 1. The summed E-state index contributed by atoms with van der Waals surface area (Å²) < 4.78 is 5.45. The van der Waals surface area contributed by atoms with E-state index in [1.54, 1.807) is 6.07 Å². The lowest BCUT2D eigenvalue weighted by Gasteiger charge is -2.07. The lowest BCUT2D eigenvalue weighted by atomic mass is 10.1. The van der Waals surface area contributed by atoms with Crippen LogP contribution in [0, 0.1) is 13.8 Å². The second kappa shape index (κ2) is 6.49. The summed E-state index contributed by atoms with van der Waals surface area (Å²) in [6.07, 6.45) is 0. The molecule has 3 rings (SSSR count). The minimum Gasteiger partial charge on any atom is -0.494 e. The fraction of sp³-hybridized carbons (Fsp3) is 0.222. The molecular formula is C18H19N3O2S. The number of fused-ring (bicyclic) bond motifs is 1. The molecule has 0 aliphatic rings. The molecule has 2 aromatic heterocycles. The number of anilines is 2. The van der Waals surface area contributed by atoms with Crippen LogP contribution >= 0.6 is 11.3 Å². The van der Waals surface area contributed by atoms with Gasteiger partial charge in [-0.25, -0.2) is 4.98 Å². The van der Waals surface area contributed by atoms with Gasteiger partial charge in [-0.15, -0.1) is 11.3 Å². The van der Waals surface area contributed by atoms with Crippen LogP contribution in [0.25, 0.3) is 10.2 Å². The Kier molecular flexibility index (Phi) is 4.40. The summed E-state index contributed by atoms with van der Waals surface area (Å²) in [5.74, 6) is 0.481. The van der Waals surface area contributed by atoms with E-state index in [-0.39, 0.29) is 5.91 Å². The van der Waals surface area contributed by atoms with E-state index in [0.29, 0.717) is 28.6 Å². The summed E-state index contributed by atoms with van der Waals surface area (Å²) >= 11 is 1.31. The summed E-state index contributed by atoms with van der Waals surface area (Å²) in [7, 11) is 0. The second-order valence-electron chi connectivity index (χ2n) is 5.52. The Balaban J connectivity index is 1.93. The van der Waals surface area contributed by atoms with Crippen molar-refractivity contribution in [3.05, 3.63) is 46.5 Å². The number of nitrogen functional groups attached to an aromatic ring is 1. The molecular weight excluding hydrogens is 322 g/mol. The molecule has 0 radical (unpaired) electrons. The summed E-state index contributed by atoms with van der Waals surface area (Å²) in [5, 5.41) is 3.74. The van der Waals surface area contributed by atoms with Crippen molar-refractivity contribution in [1.29, 1.82) is 0 Å². The number of hydrogen-bond donors (Lipinski definition) is 2. The maximum atomic E-state index is 12.6. The monoisotopic (exact) mass is 341 g/mol. The first-order valence-corrected chi connectivity index (χ1v) is 8.51. The highest BCUT2D eigenvalue weighted by Gasteiger charge is 2.19. The van der Waals surface area contributed by atoms with Crippen molar-refractivity contribution in [3.8, 4) is 5.75 Å². The molecule has 0 saturated heterocycles. The van der Waals surface area contributed by atoms with Crippen LogP contribution in [0.5, 0.6) is 5.75 Å². The predicted octanol–water partition coefficient (Wildman–Crippen LogP) is 4.15. The summed E-state index contributed by atoms with van der Waals surface area (Å²) in [4.78, 5) is 18.4. The molecule has 2 heterocycles. The van der Waals surface area contributed by atoms with Gasteiger partial charge in [0.15, 0.2) is 0 Å². The molecule has 1 amide bonds. The number of aromatic nitrogens is 1. The number of nitrogens with one attached hydrogen (secondary N) is 1. The van der Waals surface area contributed by atoms with Crippen LogP contribution in [-0.4, -0.2) is 17.5 Å². The highest BCUT2D eigenvalue weighted by molar-refractivity contribution is 7.21. The van der Waals surface area contributed by atoms with Gasteiger partial charge in [0.05, 0.1) is 12.3 Å². The number of carbonyl (C=O) groups excluding carboxylic acids is 1. The number of aryl methyl sites for hydroxylation is 2. The predicted molar refractivity (Wildman–Crippen MR) is 99.1 cm³/mol. The zero-order valence-electron chi connectivity index (χ0n) is 13.8. The molecule has 3 aromatic rings. The molecule has 1 aromatic carbocycles. The summed E-state index contributed by atoms with van der Waals surface area (Å²) in [5.41, 5.74) is 9.31. The Bertz CT molecular complexity index is 918. The minimum atomic E-state index is -0.235.